The topological polar surface area (TPSA) is 106 Å². The number of hydrogen-bond donors (Lipinski definition) is 3. The molecule has 0 radical (unpaired) electrons. The van der Waals surface area contributed by atoms with Crippen molar-refractivity contribution in [3.05, 3.63) is 22.2 Å². The molecule has 1 aliphatic rings. The van der Waals surface area contributed by atoms with Crippen molar-refractivity contribution >= 4 is 17.3 Å². The van der Waals surface area contributed by atoms with Crippen LogP contribution in [0.15, 0.2) is 12.1 Å². The molecule has 1 aromatic heterocycles. The van der Waals surface area contributed by atoms with Crippen LogP contribution in [0.4, 0.5) is 17.3 Å². The minimum absolute atomic E-state index is 0.0195. The number of rotatable bonds is 4. The van der Waals surface area contributed by atoms with E-state index in [4.69, 9.17) is 5.84 Å². The van der Waals surface area contributed by atoms with Crippen LogP contribution in [-0.4, -0.2) is 15.9 Å². The molecule has 2 atom stereocenters. The second kappa shape index (κ2) is 5.83. The number of nitro groups is 1. The maximum absolute atomic E-state index is 10.9. The molecule has 1 fully saturated rings. The number of nitrogen functional groups attached to an aromatic ring is 1. The van der Waals surface area contributed by atoms with Gasteiger partial charge in [-0.1, -0.05) is 19.8 Å². The van der Waals surface area contributed by atoms with E-state index in [2.05, 4.69) is 22.7 Å². The summed E-state index contributed by atoms with van der Waals surface area (Å²) in [6.45, 7) is 2.19. The first kappa shape index (κ1) is 13.5. The monoisotopic (exact) mass is 265 g/mol. The summed E-state index contributed by atoms with van der Waals surface area (Å²) in [6.07, 6.45) is 4.67. The Balaban J connectivity index is 2.18. The number of nitrogens with two attached hydrogens (primary N) is 1. The predicted octanol–water partition coefficient (Wildman–Crippen LogP) is 2.27. The van der Waals surface area contributed by atoms with Gasteiger partial charge in [-0.15, -0.1) is 0 Å². The largest absolute Gasteiger partial charge is 0.367 e. The fourth-order valence-electron chi connectivity index (χ4n) is 2.49. The van der Waals surface area contributed by atoms with Crippen LogP contribution < -0.4 is 16.6 Å². The van der Waals surface area contributed by atoms with Gasteiger partial charge in [-0.05, 0) is 18.8 Å². The zero-order chi connectivity index (χ0) is 13.8. The van der Waals surface area contributed by atoms with E-state index < -0.39 is 4.92 Å². The van der Waals surface area contributed by atoms with E-state index >= 15 is 0 Å². The number of aromatic nitrogens is 1. The van der Waals surface area contributed by atoms with Crippen LogP contribution in [0.25, 0.3) is 0 Å². The molecule has 4 N–H and O–H groups in total. The molecular weight excluding hydrogens is 246 g/mol. The van der Waals surface area contributed by atoms with Gasteiger partial charge in [0.2, 0.25) is 0 Å². The molecule has 0 bridgehead atoms. The fraction of sp³-hybridized carbons (Fsp3) is 0.583. The number of pyridine rings is 1. The molecule has 1 heterocycles. The Bertz CT molecular complexity index is 465. The number of hydrazine groups is 1. The second-order valence-electron chi connectivity index (χ2n) is 5.01. The van der Waals surface area contributed by atoms with Gasteiger partial charge in [-0.2, -0.15) is 0 Å². The zero-order valence-electron chi connectivity index (χ0n) is 10.9. The number of nitrogens with one attached hydrogen (secondary N) is 2. The highest BCUT2D eigenvalue weighted by Crippen LogP contribution is 2.28. The van der Waals surface area contributed by atoms with Crippen LogP contribution in [0.3, 0.4) is 0 Å². The Kier molecular flexibility index (Phi) is 4.16. The Morgan fingerprint density at radius 1 is 1.37 bits per heavy atom. The van der Waals surface area contributed by atoms with E-state index in [1.807, 2.05) is 0 Å². The summed E-state index contributed by atoms with van der Waals surface area (Å²) >= 11 is 0. The van der Waals surface area contributed by atoms with E-state index in [0.717, 1.165) is 6.42 Å². The summed E-state index contributed by atoms with van der Waals surface area (Å²) < 4.78 is 0. The first-order valence-corrected chi connectivity index (χ1v) is 6.50. The van der Waals surface area contributed by atoms with E-state index in [-0.39, 0.29) is 5.69 Å². The van der Waals surface area contributed by atoms with Crippen LogP contribution in [-0.2, 0) is 0 Å². The average Bonchev–Trinajstić information content (AvgIpc) is 2.41. The predicted molar refractivity (Wildman–Crippen MR) is 73.7 cm³/mol. The van der Waals surface area contributed by atoms with Crippen LogP contribution >= 0.6 is 0 Å². The first-order chi connectivity index (χ1) is 9.10. The van der Waals surface area contributed by atoms with Gasteiger partial charge in [0.05, 0.1) is 17.1 Å². The summed E-state index contributed by atoms with van der Waals surface area (Å²) in [5.74, 6) is 6.62. The minimum atomic E-state index is -0.446. The van der Waals surface area contributed by atoms with Crippen LogP contribution in [0.2, 0.25) is 0 Å². The summed E-state index contributed by atoms with van der Waals surface area (Å²) in [5, 5.41) is 14.1. The van der Waals surface area contributed by atoms with Crippen molar-refractivity contribution in [1.29, 1.82) is 0 Å². The third-order valence-electron chi connectivity index (χ3n) is 3.61. The molecule has 2 unspecified atom stereocenters. The molecule has 0 spiro atoms. The van der Waals surface area contributed by atoms with Gasteiger partial charge >= 0.3 is 0 Å². The lowest BCUT2D eigenvalue weighted by Crippen LogP contribution is -2.30. The quantitative estimate of drug-likeness (QED) is 0.438. The number of anilines is 2. The molecule has 19 heavy (non-hydrogen) atoms. The molecule has 0 aromatic carbocycles. The average molecular weight is 265 g/mol. The van der Waals surface area contributed by atoms with Gasteiger partial charge in [0, 0.05) is 6.04 Å². The zero-order valence-corrected chi connectivity index (χ0v) is 10.9. The van der Waals surface area contributed by atoms with Crippen LogP contribution in [0.5, 0.6) is 0 Å². The van der Waals surface area contributed by atoms with Crippen molar-refractivity contribution in [2.75, 3.05) is 10.7 Å². The Morgan fingerprint density at radius 2 is 2.05 bits per heavy atom. The molecule has 0 saturated heterocycles. The maximum Gasteiger partial charge on any atom is 0.276 e. The maximum atomic E-state index is 10.9. The molecular formula is C12H19N5O2. The fourth-order valence-corrected chi connectivity index (χ4v) is 2.49. The third kappa shape index (κ3) is 3.31. The van der Waals surface area contributed by atoms with Gasteiger partial charge in [0.25, 0.3) is 5.69 Å². The highest BCUT2D eigenvalue weighted by molar-refractivity contribution is 5.54. The number of hydrogen-bond acceptors (Lipinski definition) is 6. The van der Waals surface area contributed by atoms with E-state index in [1.165, 1.54) is 31.4 Å². The van der Waals surface area contributed by atoms with Crippen molar-refractivity contribution in [2.24, 2.45) is 11.8 Å². The minimum Gasteiger partial charge on any atom is -0.367 e. The molecule has 7 nitrogen and oxygen atoms in total. The molecule has 0 aliphatic heterocycles. The SMILES string of the molecule is CC1CCCCC1Nc1cc([N+](=O)[O-])cc(NN)n1. The van der Waals surface area contributed by atoms with Crippen molar-refractivity contribution in [3.8, 4) is 0 Å². The third-order valence-corrected chi connectivity index (χ3v) is 3.61. The Morgan fingerprint density at radius 3 is 2.68 bits per heavy atom. The van der Waals surface area contributed by atoms with Gasteiger partial charge in [0.1, 0.15) is 11.6 Å². The highest BCUT2D eigenvalue weighted by Gasteiger charge is 2.22. The molecule has 104 valence electrons. The lowest BCUT2D eigenvalue weighted by Gasteiger charge is -2.29. The Hall–Kier alpha value is -1.89. The van der Waals surface area contributed by atoms with E-state index in [0.29, 0.717) is 23.6 Å². The van der Waals surface area contributed by atoms with Crippen molar-refractivity contribution in [3.63, 3.8) is 0 Å². The molecule has 2 rings (SSSR count). The Labute approximate surface area is 111 Å². The smallest absolute Gasteiger partial charge is 0.276 e. The molecule has 1 aliphatic carbocycles. The first-order valence-electron chi connectivity index (χ1n) is 6.50. The summed E-state index contributed by atoms with van der Waals surface area (Å²) in [4.78, 5) is 14.6. The lowest BCUT2D eigenvalue weighted by atomic mass is 9.86. The highest BCUT2D eigenvalue weighted by atomic mass is 16.6. The van der Waals surface area contributed by atoms with E-state index in [9.17, 15) is 10.1 Å². The molecule has 7 heteroatoms. The van der Waals surface area contributed by atoms with Gasteiger partial charge in [-0.25, -0.2) is 10.8 Å². The van der Waals surface area contributed by atoms with Crippen LogP contribution in [0, 0.1) is 16.0 Å². The second-order valence-corrected chi connectivity index (χ2v) is 5.01. The molecule has 0 amide bonds. The molecule has 1 saturated carbocycles. The summed E-state index contributed by atoms with van der Waals surface area (Å²) in [7, 11) is 0. The van der Waals surface area contributed by atoms with E-state index in [1.54, 1.807) is 0 Å². The summed E-state index contributed by atoms with van der Waals surface area (Å²) in [5.41, 5.74) is 2.34. The lowest BCUT2D eigenvalue weighted by molar-refractivity contribution is -0.384. The van der Waals surface area contributed by atoms with Crippen LogP contribution in [0.1, 0.15) is 32.6 Å². The standard InChI is InChI=1S/C12H19N5O2/c1-8-4-2-3-5-10(8)14-11-6-9(17(18)19)7-12(15-11)16-13/h6-8,10H,2-5,13H2,1H3,(H2,14,15,16). The summed E-state index contributed by atoms with van der Waals surface area (Å²) in [6, 6.07) is 3.08. The van der Waals surface area contributed by atoms with Crippen molar-refractivity contribution in [2.45, 2.75) is 38.6 Å². The van der Waals surface area contributed by atoms with Gasteiger partial charge in [-0.3, -0.25) is 10.1 Å². The number of nitrogens with zero attached hydrogens (tertiary/aromatic N) is 2. The van der Waals surface area contributed by atoms with Crippen molar-refractivity contribution < 1.29 is 4.92 Å². The normalized spacial score (nSPS) is 22.8. The molecule has 1 aromatic rings. The van der Waals surface area contributed by atoms with Crippen molar-refractivity contribution in [1.82, 2.24) is 4.98 Å². The van der Waals surface area contributed by atoms with Gasteiger partial charge < -0.3 is 10.7 Å². The van der Waals surface area contributed by atoms with Gasteiger partial charge in [0.15, 0.2) is 0 Å².